The summed E-state index contributed by atoms with van der Waals surface area (Å²) in [6.45, 7) is 1.72. The van der Waals surface area contributed by atoms with Crippen molar-refractivity contribution in [3.05, 3.63) is 44.4 Å². The van der Waals surface area contributed by atoms with Crippen LogP contribution in [0.25, 0.3) is 5.65 Å². The van der Waals surface area contributed by atoms with E-state index in [0.717, 1.165) is 4.47 Å². The van der Waals surface area contributed by atoms with Crippen molar-refractivity contribution in [3.8, 4) is 0 Å². The summed E-state index contributed by atoms with van der Waals surface area (Å²) in [4.78, 5) is 27.1. The van der Waals surface area contributed by atoms with Gasteiger partial charge in [-0.2, -0.15) is 0 Å². The number of carboxylic acids is 1. The summed E-state index contributed by atoms with van der Waals surface area (Å²) >= 11 is 3.29. The van der Waals surface area contributed by atoms with Crippen LogP contribution < -0.4 is 5.56 Å². The average molecular weight is 311 g/mol. The SMILES string of the molecule is Cc1nc2ccc(Br)cn2c(=O)c1CCC(=O)O. The van der Waals surface area contributed by atoms with Crippen molar-refractivity contribution in [2.45, 2.75) is 19.8 Å². The van der Waals surface area contributed by atoms with Gasteiger partial charge >= 0.3 is 5.97 Å². The summed E-state index contributed by atoms with van der Waals surface area (Å²) in [5, 5.41) is 8.68. The summed E-state index contributed by atoms with van der Waals surface area (Å²) in [5.41, 5.74) is 1.39. The Morgan fingerprint density at radius 2 is 2.22 bits per heavy atom. The smallest absolute Gasteiger partial charge is 0.303 e. The fourth-order valence-corrected chi connectivity index (χ4v) is 2.12. The molecule has 1 N–H and O–H groups in total. The molecular formula is C12H11BrN2O3. The number of aliphatic carboxylic acids is 1. The highest BCUT2D eigenvalue weighted by molar-refractivity contribution is 9.10. The third kappa shape index (κ3) is 2.43. The number of fused-ring (bicyclic) bond motifs is 1. The van der Waals surface area contributed by atoms with E-state index in [1.165, 1.54) is 4.40 Å². The molecule has 94 valence electrons. The molecule has 0 radical (unpaired) electrons. The van der Waals surface area contributed by atoms with E-state index >= 15 is 0 Å². The molecule has 0 aliphatic carbocycles. The Hall–Kier alpha value is -1.69. The Morgan fingerprint density at radius 1 is 1.50 bits per heavy atom. The van der Waals surface area contributed by atoms with Crippen molar-refractivity contribution in [1.29, 1.82) is 0 Å². The van der Waals surface area contributed by atoms with Crippen LogP contribution in [0.5, 0.6) is 0 Å². The molecule has 5 nitrogen and oxygen atoms in total. The number of nitrogens with zero attached hydrogens (tertiary/aromatic N) is 2. The second-order valence-electron chi connectivity index (χ2n) is 3.95. The highest BCUT2D eigenvalue weighted by atomic mass is 79.9. The van der Waals surface area contributed by atoms with Crippen molar-refractivity contribution in [2.24, 2.45) is 0 Å². The molecule has 18 heavy (non-hydrogen) atoms. The van der Waals surface area contributed by atoms with Crippen LogP contribution in [0, 0.1) is 6.92 Å². The molecular weight excluding hydrogens is 300 g/mol. The maximum absolute atomic E-state index is 12.2. The Morgan fingerprint density at radius 3 is 2.89 bits per heavy atom. The Bertz CT molecular complexity index is 679. The van der Waals surface area contributed by atoms with Crippen LogP contribution in [0.4, 0.5) is 0 Å². The van der Waals surface area contributed by atoms with Gasteiger partial charge in [0.15, 0.2) is 0 Å². The van der Waals surface area contributed by atoms with Gasteiger partial charge < -0.3 is 5.11 Å². The van der Waals surface area contributed by atoms with Crippen molar-refractivity contribution in [3.63, 3.8) is 0 Å². The highest BCUT2D eigenvalue weighted by Crippen LogP contribution is 2.11. The zero-order chi connectivity index (χ0) is 13.3. The first-order chi connectivity index (χ1) is 8.49. The lowest BCUT2D eigenvalue weighted by atomic mass is 10.1. The number of halogens is 1. The highest BCUT2D eigenvalue weighted by Gasteiger charge is 2.11. The topological polar surface area (TPSA) is 71.7 Å². The standard InChI is InChI=1S/C12H11BrN2O3/c1-7-9(3-5-11(16)17)12(18)15-6-8(13)2-4-10(15)14-7/h2,4,6H,3,5H2,1H3,(H,16,17). The molecule has 2 rings (SSSR count). The van der Waals surface area contributed by atoms with E-state index in [-0.39, 0.29) is 18.4 Å². The summed E-state index contributed by atoms with van der Waals surface area (Å²) < 4.78 is 2.20. The van der Waals surface area contributed by atoms with E-state index in [9.17, 15) is 9.59 Å². The van der Waals surface area contributed by atoms with Gasteiger partial charge in [-0.1, -0.05) is 0 Å². The van der Waals surface area contributed by atoms with E-state index in [2.05, 4.69) is 20.9 Å². The molecule has 2 aromatic heterocycles. The van der Waals surface area contributed by atoms with E-state index < -0.39 is 5.97 Å². The summed E-state index contributed by atoms with van der Waals surface area (Å²) in [7, 11) is 0. The van der Waals surface area contributed by atoms with Gasteiger partial charge in [0.2, 0.25) is 0 Å². The van der Waals surface area contributed by atoms with Crippen molar-refractivity contribution >= 4 is 27.5 Å². The van der Waals surface area contributed by atoms with Gasteiger partial charge in [-0.3, -0.25) is 14.0 Å². The molecule has 2 aromatic rings. The van der Waals surface area contributed by atoms with Gasteiger partial charge in [0.05, 0.1) is 0 Å². The van der Waals surface area contributed by atoms with E-state index in [4.69, 9.17) is 5.11 Å². The predicted molar refractivity (Wildman–Crippen MR) is 69.9 cm³/mol. The van der Waals surface area contributed by atoms with Gasteiger partial charge in [0, 0.05) is 28.3 Å². The number of hydrogen-bond acceptors (Lipinski definition) is 3. The quantitative estimate of drug-likeness (QED) is 0.938. The molecule has 0 aliphatic heterocycles. The second-order valence-corrected chi connectivity index (χ2v) is 4.87. The third-order valence-corrected chi connectivity index (χ3v) is 3.14. The maximum atomic E-state index is 12.2. The molecule has 0 amide bonds. The lowest BCUT2D eigenvalue weighted by Gasteiger charge is -2.07. The van der Waals surface area contributed by atoms with Crippen molar-refractivity contribution in [2.75, 3.05) is 0 Å². The molecule has 0 saturated heterocycles. The first-order valence-corrected chi connectivity index (χ1v) is 6.17. The number of carboxylic acid groups (broad SMARTS) is 1. The lowest BCUT2D eigenvalue weighted by molar-refractivity contribution is -0.136. The van der Waals surface area contributed by atoms with Gasteiger partial charge in [0.25, 0.3) is 5.56 Å². The number of aromatic nitrogens is 2. The normalized spacial score (nSPS) is 10.8. The van der Waals surface area contributed by atoms with Crippen LogP contribution in [0.2, 0.25) is 0 Å². The Labute approximate surface area is 111 Å². The number of rotatable bonds is 3. The number of hydrogen-bond donors (Lipinski definition) is 1. The van der Waals surface area contributed by atoms with E-state index in [0.29, 0.717) is 16.9 Å². The molecule has 0 fully saturated rings. The minimum absolute atomic E-state index is 0.0716. The Balaban J connectivity index is 2.60. The molecule has 0 unspecified atom stereocenters. The van der Waals surface area contributed by atoms with Gasteiger partial charge in [-0.05, 0) is 41.4 Å². The maximum Gasteiger partial charge on any atom is 0.303 e. The second kappa shape index (κ2) is 4.89. The van der Waals surface area contributed by atoms with E-state index in [1.807, 2.05) is 0 Å². The van der Waals surface area contributed by atoms with E-state index in [1.54, 1.807) is 25.3 Å². The van der Waals surface area contributed by atoms with Gasteiger partial charge in [0.1, 0.15) is 5.65 Å². The zero-order valence-corrected chi connectivity index (χ0v) is 11.3. The molecule has 0 saturated carbocycles. The Kier molecular flexibility index (Phi) is 3.47. The average Bonchev–Trinajstić information content (AvgIpc) is 2.30. The molecule has 6 heteroatoms. The lowest BCUT2D eigenvalue weighted by Crippen LogP contribution is -2.22. The number of aryl methyl sites for hydroxylation is 1. The molecule has 2 heterocycles. The summed E-state index contributed by atoms with van der Waals surface area (Å²) in [5.74, 6) is -0.923. The van der Waals surface area contributed by atoms with Crippen LogP contribution in [-0.4, -0.2) is 20.5 Å². The van der Waals surface area contributed by atoms with Crippen LogP contribution in [0.1, 0.15) is 17.7 Å². The third-order valence-electron chi connectivity index (χ3n) is 2.68. The van der Waals surface area contributed by atoms with Crippen LogP contribution in [0.3, 0.4) is 0 Å². The monoisotopic (exact) mass is 310 g/mol. The first kappa shape index (κ1) is 12.8. The largest absolute Gasteiger partial charge is 0.481 e. The molecule has 0 aliphatic rings. The molecule has 0 aromatic carbocycles. The summed E-state index contributed by atoms with van der Waals surface area (Å²) in [6, 6.07) is 3.54. The minimum Gasteiger partial charge on any atom is -0.481 e. The molecule has 0 spiro atoms. The van der Waals surface area contributed by atoms with Gasteiger partial charge in [-0.25, -0.2) is 4.98 Å². The first-order valence-electron chi connectivity index (χ1n) is 5.38. The zero-order valence-electron chi connectivity index (χ0n) is 9.68. The fourth-order valence-electron chi connectivity index (χ4n) is 1.78. The van der Waals surface area contributed by atoms with Gasteiger partial charge in [-0.15, -0.1) is 0 Å². The molecule has 0 bridgehead atoms. The fraction of sp³-hybridized carbons (Fsp3) is 0.250. The summed E-state index contributed by atoms with van der Waals surface area (Å²) in [6.07, 6.45) is 1.76. The van der Waals surface area contributed by atoms with Crippen LogP contribution >= 0.6 is 15.9 Å². The molecule has 0 atom stereocenters. The van der Waals surface area contributed by atoms with Crippen LogP contribution in [0.15, 0.2) is 27.6 Å². The minimum atomic E-state index is -0.923. The van der Waals surface area contributed by atoms with Crippen LogP contribution in [-0.2, 0) is 11.2 Å². The number of pyridine rings is 1. The number of carbonyl (C=O) groups is 1. The van der Waals surface area contributed by atoms with Crippen molar-refractivity contribution in [1.82, 2.24) is 9.38 Å². The predicted octanol–water partition coefficient (Wildman–Crippen LogP) is 1.78. The van der Waals surface area contributed by atoms with Crippen molar-refractivity contribution < 1.29 is 9.90 Å².